The highest BCUT2D eigenvalue weighted by molar-refractivity contribution is 6.09. The maximum Gasteiger partial charge on any atom is 0.293 e. The SMILES string of the molecule is O=C1CN(C(=O)C[n+]2cccc(-c3ccccc3)c2)c2ccccc2N1. The fraction of sp³-hybridized carbons (Fsp3) is 0.0952. The molecule has 128 valence electrons. The highest BCUT2D eigenvalue weighted by atomic mass is 16.2. The van der Waals surface area contributed by atoms with Gasteiger partial charge in [-0.25, -0.2) is 0 Å². The summed E-state index contributed by atoms with van der Waals surface area (Å²) >= 11 is 0. The zero-order valence-corrected chi connectivity index (χ0v) is 14.1. The van der Waals surface area contributed by atoms with E-state index in [2.05, 4.69) is 5.32 Å². The van der Waals surface area contributed by atoms with Gasteiger partial charge in [-0.3, -0.25) is 14.5 Å². The van der Waals surface area contributed by atoms with Crippen LogP contribution in [0.25, 0.3) is 11.1 Å². The molecule has 0 aliphatic carbocycles. The Labute approximate surface area is 151 Å². The van der Waals surface area contributed by atoms with Crippen LogP contribution in [-0.2, 0) is 16.1 Å². The van der Waals surface area contributed by atoms with Gasteiger partial charge in [0.2, 0.25) is 12.5 Å². The summed E-state index contributed by atoms with van der Waals surface area (Å²) in [5.41, 5.74) is 3.53. The Kier molecular flexibility index (Phi) is 4.19. The average Bonchev–Trinajstić information content (AvgIpc) is 2.68. The molecule has 0 saturated heterocycles. The quantitative estimate of drug-likeness (QED) is 0.743. The zero-order chi connectivity index (χ0) is 17.9. The third kappa shape index (κ3) is 3.19. The molecule has 2 heterocycles. The Balaban J connectivity index is 1.59. The number of carbonyl (C=O) groups is 2. The van der Waals surface area contributed by atoms with Crippen molar-refractivity contribution in [2.24, 2.45) is 0 Å². The van der Waals surface area contributed by atoms with Gasteiger partial charge in [-0.2, -0.15) is 4.57 Å². The van der Waals surface area contributed by atoms with E-state index in [9.17, 15) is 9.59 Å². The van der Waals surface area contributed by atoms with Crippen LogP contribution in [0.5, 0.6) is 0 Å². The molecule has 1 N–H and O–H groups in total. The summed E-state index contributed by atoms with van der Waals surface area (Å²) in [6.07, 6.45) is 3.81. The number of nitrogens with one attached hydrogen (secondary N) is 1. The maximum atomic E-state index is 12.8. The highest BCUT2D eigenvalue weighted by Crippen LogP contribution is 2.28. The molecular formula is C21H18N3O2+. The fourth-order valence-corrected chi connectivity index (χ4v) is 3.12. The Morgan fingerprint density at radius 3 is 2.54 bits per heavy atom. The number of aromatic nitrogens is 1. The second kappa shape index (κ2) is 6.80. The molecule has 0 saturated carbocycles. The van der Waals surface area contributed by atoms with Gasteiger partial charge in [0.25, 0.3) is 5.91 Å². The van der Waals surface area contributed by atoms with Crippen molar-refractivity contribution in [3.63, 3.8) is 0 Å². The number of anilines is 2. The molecule has 2 aromatic carbocycles. The monoisotopic (exact) mass is 344 g/mol. The number of nitrogens with zero attached hydrogens (tertiary/aromatic N) is 2. The van der Waals surface area contributed by atoms with Crippen molar-refractivity contribution in [3.05, 3.63) is 79.1 Å². The molecule has 5 heteroatoms. The minimum Gasteiger partial charge on any atom is -0.323 e. The molecule has 1 aromatic heterocycles. The summed E-state index contributed by atoms with van der Waals surface area (Å²) in [7, 11) is 0. The lowest BCUT2D eigenvalue weighted by atomic mass is 10.1. The largest absolute Gasteiger partial charge is 0.323 e. The molecule has 4 rings (SSSR count). The van der Waals surface area contributed by atoms with Crippen LogP contribution in [-0.4, -0.2) is 18.4 Å². The number of carbonyl (C=O) groups excluding carboxylic acids is 2. The molecule has 0 radical (unpaired) electrons. The van der Waals surface area contributed by atoms with Gasteiger partial charge in [0.15, 0.2) is 12.4 Å². The molecule has 0 spiro atoms. The first kappa shape index (κ1) is 16.0. The van der Waals surface area contributed by atoms with Gasteiger partial charge in [-0.15, -0.1) is 0 Å². The average molecular weight is 344 g/mol. The van der Waals surface area contributed by atoms with Crippen molar-refractivity contribution in [2.75, 3.05) is 16.8 Å². The van der Waals surface area contributed by atoms with Crippen molar-refractivity contribution in [2.45, 2.75) is 6.54 Å². The summed E-state index contributed by atoms with van der Waals surface area (Å²) in [6.45, 7) is 0.205. The molecular weight excluding hydrogens is 326 g/mol. The molecule has 1 aliphatic rings. The Hall–Kier alpha value is -3.47. The van der Waals surface area contributed by atoms with Crippen molar-refractivity contribution in [1.29, 1.82) is 0 Å². The molecule has 1 aliphatic heterocycles. The molecule has 5 nitrogen and oxygen atoms in total. The van der Waals surface area contributed by atoms with Crippen LogP contribution in [0.3, 0.4) is 0 Å². The second-order valence-electron chi connectivity index (χ2n) is 6.18. The number of benzene rings is 2. The Bertz CT molecular complexity index is 970. The van der Waals surface area contributed by atoms with Crippen molar-refractivity contribution in [1.82, 2.24) is 0 Å². The molecule has 26 heavy (non-hydrogen) atoms. The van der Waals surface area contributed by atoms with E-state index >= 15 is 0 Å². The van der Waals surface area contributed by atoms with Crippen molar-refractivity contribution < 1.29 is 14.2 Å². The van der Waals surface area contributed by atoms with Crippen LogP contribution >= 0.6 is 0 Å². The van der Waals surface area contributed by atoms with Crippen LogP contribution in [0.2, 0.25) is 0 Å². The number of amides is 2. The summed E-state index contributed by atoms with van der Waals surface area (Å²) in [5, 5.41) is 2.80. The lowest BCUT2D eigenvalue weighted by Crippen LogP contribution is -2.49. The minimum atomic E-state index is -0.180. The number of pyridine rings is 1. The smallest absolute Gasteiger partial charge is 0.293 e. The van der Waals surface area contributed by atoms with Gasteiger partial charge in [-0.05, 0) is 23.8 Å². The predicted molar refractivity (Wildman–Crippen MR) is 99.5 cm³/mol. The Morgan fingerprint density at radius 1 is 0.962 bits per heavy atom. The molecule has 3 aromatic rings. The number of para-hydroxylation sites is 2. The zero-order valence-electron chi connectivity index (χ0n) is 14.1. The van der Waals surface area contributed by atoms with Gasteiger partial charge in [0.1, 0.15) is 6.54 Å². The van der Waals surface area contributed by atoms with Gasteiger partial charge < -0.3 is 5.32 Å². The number of rotatable bonds is 3. The van der Waals surface area contributed by atoms with Crippen LogP contribution in [0, 0.1) is 0 Å². The van der Waals surface area contributed by atoms with Gasteiger partial charge >= 0.3 is 0 Å². The lowest BCUT2D eigenvalue weighted by Gasteiger charge is -2.28. The van der Waals surface area contributed by atoms with Gasteiger partial charge in [-0.1, -0.05) is 42.5 Å². The molecule has 0 bridgehead atoms. The van der Waals surface area contributed by atoms with E-state index in [0.717, 1.165) is 16.8 Å². The Morgan fingerprint density at radius 2 is 1.69 bits per heavy atom. The van der Waals surface area contributed by atoms with E-state index in [1.807, 2.05) is 77.6 Å². The van der Waals surface area contributed by atoms with Gasteiger partial charge in [0.05, 0.1) is 11.4 Å². The molecule has 0 fully saturated rings. The predicted octanol–water partition coefficient (Wildman–Crippen LogP) is 2.63. The van der Waals surface area contributed by atoms with Crippen molar-refractivity contribution >= 4 is 23.2 Å². The molecule has 2 amide bonds. The van der Waals surface area contributed by atoms with E-state index in [0.29, 0.717) is 5.69 Å². The van der Waals surface area contributed by atoms with Crippen LogP contribution in [0.4, 0.5) is 11.4 Å². The van der Waals surface area contributed by atoms with Crippen molar-refractivity contribution in [3.8, 4) is 11.1 Å². The number of hydrogen-bond acceptors (Lipinski definition) is 2. The number of fused-ring (bicyclic) bond motifs is 1. The lowest BCUT2D eigenvalue weighted by molar-refractivity contribution is -0.683. The van der Waals surface area contributed by atoms with E-state index < -0.39 is 0 Å². The van der Waals surface area contributed by atoms with E-state index in [1.54, 1.807) is 6.07 Å². The highest BCUT2D eigenvalue weighted by Gasteiger charge is 2.28. The standard InChI is InChI=1S/C21H17N3O2/c25-20-14-24(19-11-5-4-10-18(19)22-20)21(26)15-23-12-6-9-17(13-23)16-7-2-1-3-8-16/h1-13H,14-15H2/p+1. The molecule has 0 unspecified atom stereocenters. The first-order valence-corrected chi connectivity index (χ1v) is 8.44. The summed E-state index contributed by atoms with van der Waals surface area (Å²) in [5.74, 6) is -0.303. The third-order valence-corrected chi connectivity index (χ3v) is 4.35. The van der Waals surface area contributed by atoms with Crippen LogP contribution in [0.1, 0.15) is 0 Å². The fourth-order valence-electron chi connectivity index (χ4n) is 3.12. The third-order valence-electron chi connectivity index (χ3n) is 4.35. The summed E-state index contributed by atoms with van der Waals surface area (Å²) < 4.78 is 1.85. The van der Waals surface area contributed by atoms with E-state index in [4.69, 9.17) is 0 Å². The van der Waals surface area contributed by atoms with E-state index in [1.165, 1.54) is 4.90 Å². The summed E-state index contributed by atoms with van der Waals surface area (Å²) in [4.78, 5) is 26.3. The molecule has 0 atom stereocenters. The first-order valence-electron chi connectivity index (χ1n) is 8.44. The van der Waals surface area contributed by atoms with Gasteiger partial charge in [0, 0.05) is 11.6 Å². The van der Waals surface area contributed by atoms with E-state index in [-0.39, 0.29) is 24.9 Å². The topological polar surface area (TPSA) is 53.3 Å². The van der Waals surface area contributed by atoms with Crippen LogP contribution < -0.4 is 14.8 Å². The minimum absolute atomic E-state index is 0.0365. The first-order chi connectivity index (χ1) is 12.7. The normalized spacial score (nSPS) is 13.1. The van der Waals surface area contributed by atoms with Crippen LogP contribution in [0.15, 0.2) is 79.1 Å². The summed E-state index contributed by atoms with van der Waals surface area (Å²) in [6, 6.07) is 21.3. The maximum absolute atomic E-state index is 12.8. The number of hydrogen-bond donors (Lipinski definition) is 1. The second-order valence-corrected chi connectivity index (χ2v) is 6.18.